The van der Waals surface area contributed by atoms with Gasteiger partial charge >= 0.3 is 0 Å². The number of para-hydroxylation sites is 1. The van der Waals surface area contributed by atoms with E-state index in [1.807, 2.05) is 0 Å². The molecule has 1 aromatic rings. The molecular formula is C15H24N2. The van der Waals surface area contributed by atoms with E-state index in [9.17, 15) is 0 Å². The Morgan fingerprint density at radius 3 is 2.65 bits per heavy atom. The van der Waals surface area contributed by atoms with Gasteiger partial charge in [-0.1, -0.05) is 25.1 Å². The highest BCUT2D eigenvalue weighted by Gasteiger charge is 2.24. The third kappa shape index (κ3) is 2.63. The Morgan fingerprint density at radius 2 is 2.00 bits per heavy atom. The quantitative estimate of drug-likeness (QED) is 0.847. The SMILES string of the molecule is CC1CCN(c2ccccc2C(C)N)C(C)C1. The first-order valence-corrected chi connectivity index (χ1v) is 6.70. The van der Waals surface area contributed by atoms with Crippen LogP contribution >= 0.6 is 0 Å². The normalized spacial score (nSPS) is 26.9. The Hall–Kier alpha value is -1.02. The molecule has 2 nitrogen and oxygen atoms in total. The van der Waals surface area contributed by atoms with Crippen LogP contribution in [0.3, 0.4) is 0 Å². The van der Waals surface area contributed by atoms with Crippen LogP contribution in [0.25, 0.3) is 0 Å². The van der Waals surface area contributed by atoms with Gasteiger partial charge in [0.25, 0.3) is 0 Å². The van der Waals surface area contributed by atoms with Crippen molar-refractivity contribution >= 4 is 5.69 Å². The van der Waals surface area contributed by atoms with Crippen LogP contribution in [0.15, 0.2) is 24.3 Å². The van der Waals surface area contributed by atoms with Crippen molar-refractivity contribution in [2.24, 2.45) is 11.7 Å². The van der Waals surface area contributed by atoms with E-state index in [0.29, 0.717) is 6.04 Å². The average Bonchev–Trinajstić information content (AvgIpc) is 2.29. The molecular weight excluding hydrogens is 208 g/mol. The van der Waals surface area contributed by atoms with Crippen LogP contribution in [0.4, 0.5) is 5.69 Å². The second kappa shape index (κ2) is 5.09. The Kier molecular flexibility index (Phi) is 3.72. The molecule has 2 heteroatoms. The van der Waals surface area contributed by atoms with E-state index in [-0.39, 0.29) is 6.04 Å². The molecule has 3 atom stereocenters. The number of hydrogen-bond acceptors (Lipinski definition) is 2. The number of benzene rings is 1. The molecule has 0 amide bonds. The van der Waals surface area contributed by atoms with Gasteiger partial charge in [0.1, 0.15) is 0 Å². The smallest absolute Gasteiger partial charge is 0.0416 e. The molecule has 0 spiro atoms. The maximum atomic E-state index is 6.07. The monoisotopic (exact) mass is 232 g/mol. The van der Waals surface area contributed by atoms with E-state index in [0.717, 1.165) is 12.5 Å². The van der Waals surface area contributed by atoms with Gasteiger partial charge < -0.3 is 10.6 Å². The van der Waals surface area contributed by atoms with Crippen LogP contribution in [0.5, 0.6) is 0 Å². The molecule has 2 rings (SSSR count). The van der Waals surface area contributed by atoms with Gasteiger partial charge in [0.2, 0.25) is 0 Å². The summed E-state index contributed by atoms with van der Waals surface area (Å²) < 4.78 is 0. The summed E-state index contributed by atoms with van der Waals surface area (Å²) in [6.45, 7) is 7.90. The number of nitrogens with two attached hydrogens (primary N) is 1. The lowest BCUT2D eigenvalue weighted by atomic mass is 9.92. The minimum Gasteiger partial charge on any atom is -0.369 e. The van der Waals surface area contributed by atoms with E-state index in [2.05, 4.69) is 49.9 Å². The molecule has 0 aliphatic carbocycles. The number of nitrogens with zero attached hydrogens (tertiary/aromatic N) is 1. The summed E-state index contributed by atoms with van der Waals surface area (Å²) in [7, 11) is 0. The van der Waals surface area contributed by atoms with Gasteiger partial charge in [0.05, 0.1) is 0 Å². The van der Waals surface area contributed by atoms with Gasteiger partial charge in [-0.3, -0.25) is 0 Å². The molecule has 0 radical (unpaired) electrons. The largest absolute Gasteiger partial charge is 0.369 e. The van der Waals surface area contributed by atoms with E-state index in [1.54, 1.807) is 0 Å². The zero-order valence-electron chi connectivity index (χ0n) is 11.2. The molecule has 17 heavy (non-hydrogen) atoms. The van der Waals surface area contributed by atoms with Crippen molar-refractivity contribution < 1.29 is 0 Å². The third-order valence-corrected chi connectivity index (χ3v) is 3.88. The van der Waals surface area contributed by atoms with Crippen LogP contribution < -0.4 is 10.6 Å². The molecule has 1 fully saturated rings. The summed E-state index contributed by atoms with van der Waals surface area (Å²) in [5.41, 5.74) is 8.67. The Bertz CT molecular complexity index is 373. The molecule has 1 aromatic carbocycles. The Balaban J connectivity index is 2.27. The Labute approximate surface area is 105 Å². The number of rotatable bonds is 2. The minimum atomic E-state index is 0.109. The maximum absolute atomic E-state index is 6.07. The first-order chi connectivity index (χ1) is 8.09. The summed E-state index contributed by atoms with van der Waals surface area (Å²) in [6.07, 6.45) is 2.57. The maximum Gasteiger partial charge on any atom is 0.0416 e. The molecule has 2 N–H and O–H groups in total. The topological polar surface area (TPSA) is 29.3 Å². The summed E-state index contributed by atoms with van der Waals surface area (Å²) in [4.78, 5) is 2.53. The zero-order chi connectivity index (χ0) is 12.4. The van der Waals surface area contributed by atoms with Crippen molar-refractivity contribution in [3.63, 3.8) is 0 Å². The van der Waals surface area contributed by atoms with Crippen molar-refractivity contribution in [3.05, 3.63) is 29.8 Å². The first kappa shape index (κ1) is 12.4. The van der Waals surface area contributed by atoms with Gasteiger partial charge in [0.15, 0.2) is 0 Å². The molecule has 1 heterocycles. The molecule has 0 aromatic heterocycles. The van der Waals surface area contributed by atoms with E-state index in [1.165, 1.54) is 24.1 Å². The highest BCUT2D eigenvalue weighted by molar-refractivity contribution is 5.55. The average molecular weight is 232 g/mol. The van der Waals surface area contributed by atoms with Gasteiger partial charge in [-0.2, -0.15) is 0 Å². The molecule has 1 saturated heterocycles. The second-order valence-corrected chi connectivity index (χ2v) is 5.52. The van der Waals surface area contributed by atoms with Gasteiger partial charge in [0, 0.05) is 24.3 Å². The lowest BCUT2D eigenvalue weighted by molar-refractivity contribution is 0.377. The summed E-state index contributed by atoms with van der Waals surface area (Å²) in [6, 6.07) is 9.30. The predicted molar refractivity (Wildman–Crippen MR) is 74.3 cm³/mol. The van der Waals surface area contributed by atoms with Crippen molar-refractivity contribution in [1.29, 1.82) is 0 Å². The van der Waals surface area contributed by atoms with E-state index >= 15 is 0 Å². The molecule has 0 saturated carbocycles. The van der Waals surface area contributed by atoms with Crippen molar-refractivity contribution in [3.8, 4) is 0 Å². The van der Waals surface area contributed by atoms with Gasteiger partial charge in [-0.15, -0.1) is 0 Å². The lowest BCUT2D eigenvalue weighted by Gasteiger charge is -2.39. The number of hydrogen-bond donors (Lipinski definition) is 1. The molecule has 0 bridgehead atoms. The Morgan fingerprint density at radius 1 is 1.29 bits per heavy atom. The fraction of sp³-hybridized carbons (Fsp3) is 0.600. The van der Waals surface area contributed by atoms with Gasteiger partial charge in [-0.05, 0) is 44.2 Å². The summed E-state index contributed by atoms with van der Waals surface area (Å²) in [5, 5.41) is 0. The highest BCUT2D eigenvalue weighted by atomic mass is 15.2. The van der Waals surface area contributed by atoms with E-state index in [4.69, 9.17) is 5.73 Å². The molecule has 94 valence electrons. The van der Waals surface area contributed by atoms with Crippen LogP contribution in [-0.4, -0.2) is 12.6 Å². The molecule has 1 aliphatic rings. The minimum absolute atomic E-state index is 0.109. The van der Waals surface area contributed by atoms with E-state index < -0.39 is 0 Å². The predicted octanol–water partition coefficient (Wildman–Crippen LogP) is 3.33. The summed E-state index contributed by atoms with van der Waals surface area (Å²) >= 11 is 0. The standard InChI is InChI=1S/C15H24N2/c1-11-8-9-17(12(2)10-11)15-7-5-4-6-14(15)13(3)16/h4-7,11-13H,8-10,16H2,1-3H3. The van der Waals surface area contributed by atoms with Crippen LogP contribution in [0.2, 0.25) is 0 Å². The van der Waals surface area contributed by atoms with Crippen LogP contribution in [0.1, 0.15) is 45.2 Å². The fourth-order valence-corrected chi connectivity index (χ4v) is 2.90. The highest BCUT2D eigenvalue weighted by Crippen LogP contribution is 2.32. The summed E-state index contributed by atoms with van der Waals surface area (Å²) in [5.74, 6) is 0.851. The van der Waals surface area contributed by atoms with Crippen molar-refractivity contribution in [1.82, 2.24) is 0 Å². The zero-order valence-corrected chi connectivity index (χ0v) is 11.2. The number of piperidine rings is 1. The fourth-order valence-electron chi connectivity index (χ4n) is 2.90. The third-order valence-electron chi connectivity index (χ3n) is 3.88. The number of anilines is 1. The van der Waals surface area contributed by atoms with Crippen molar-refractivity contribution in [2.45, 2.75) is 45.7 Å². The second-order valence-electron chi connectivity index (χ2n) is 5.52. The van der Waals surface area contributed by atoms with Crippen molar-refractivity contribution in [2.75, 3.05) is 11.4 Å². The molecule has 3 unspecified atom stereocenters. The van der Waals surface area contributed by atoms with Crippen LogP contribution in [-0.2, 0) is 0 Å². The van der Waals surface area contributed by atoms with Crippen LogP contribution in [0, 0.1) is 5.92 Å². The molecule has 1 aliphatic heterocycles. The lowest BCUT2D eigenvalue weighted by Crippen LogP contribution is -2.41. The van der Waals surface area contributed by atoms with Gasteiger partial charge in [-0.25, -0.2) is 0 Å². The first-order valence-electron chi connectivity index (χ1n) is 6.70.